The fraction of sp³-hybridized carbons (Fsp3) is 0.278. The predicted octanol–water partition coefficient (Wildman–Crippen LogP) is 4.33. The highest BCUT2D eigenvalue weighted by atomic mass is 35.5. The average molecular weight is 393 g/mol. The summed E-state index contributed by atoms with van der Waals surface area (Å²) >= 11 is 7.94. The van der Waals surface area contributed by atoms with E-state index in [-0.39, 0.29) is 17.5 Å². The second-order valence-corrected chi connectivity index (χ2v) is 7.34. The number of amides is 3. The van der Waals surface area contributed by atoms with Crippen molar-refractivity contribution in [2.75, 3.05) is 30.5 Å². The number of pyridine rings is 1. The van der Waals surface area contributed by atoms with Gasteiger partial charge in [0.05, 0.1) is 10.6 Å². The van der Waals surface area contributed by atoms with Crippen LogP contribution in [0.5, 0.6) is 0 Å². The van der Waals surface area contributed by atoms with E-state index in [1.165, 1.54) is 11.0 Å². The number of nitrogens with one attached hydrogen (secondary N) is 2. The molecule has 0 saturated heterocycles. The largest absolute Gasteiger partial charge is 0.331 e. The first-order chi connectivity index (χ1) is 12.4. The van der Waals surface area contributed by atoms with Gasteiger partial charge in [0, 0.05) is 31.7 Å². The van der Waals surface area contributed by atoms with Crippen LogP contribution in [0.3, 0.4) is 0 Å². The van der Waals surface area contributed by atoms with Crippen LogP contribution in [-0.4, -0.2) is 41.7 Å². The molecule has 0 unspecified atom stereocenters. The van der Waals surface area contributed by atoms with Crippen LogP contribution in [0, 0.1) is 0 Å². The number of benzene rings is 1. The molecule has 2 N–H and O–H groups in total. The highest BCUT2D eigenvalue weighted by Crippen LogP contribution is 2.22. The third-order valence-electron chi connectivity index (χ3n) is 3.41. The maximum Gasteiger partial charge on any atom is 0.321 e. The first kappa shape index (κ1) is 20.1. The fourth-order valence-corrected chi connectivity index (χ4v) is 2.87. The summed E-state index contributed by atoms with van der Waals surface area (Å²) in [5.41, 5.74) is 1.83. The van der Waals surface area contributed by atoms with Crippen molar-refractivity contribution in [2.24, 2.45) is 0 Å². The zero-order valence-corrected chi connectivity index (χ0v) is 16.4. The molecule has 0 aliphatic heterocycles. The normalized spacial score (nSPS) is 10.3. The number of nitrogens with zero attached hydrogens (tertiary/aromatic N) is 2. The van der Waals surface area contributed by atoms with Gasteiger partial charge in [-0.1, -0.05) is 18.5 Å². The lowest BCUT2D eigenvalue weighted by atomic mass is 10.2. The van der Waals surface area contributed by atoms with Gasteiger partial charge in [-0.25, -0.2) is 9.78 Å². The van der Waals surface area contributed by atoms with Crippen molar-refractivity contribution in [3.05, 3.63) is 52.7 Å². The Kier molecular flexibility index (Phi) is 7.29. The molecule has 138 valence electrons. The van der Waals surface area contributed by atoms with Crippen LogP contribution in [0.4, 0.5) is 16.3 Å². The molecule has 0 spiro atoms. The molecule has 0 bridgehead atoms. The first-order valence-corrected chi connectivity index (χ1v) is 9.56. The minimum Gasteiger partial charge on any atom is -0.331 e. The van der Waals surface area contributed by atoms with E-state index in [0.717, 1.165) is 17.1 Å². The average Bonchev–Trinajstić information content (AvgIpc) is 2.61. The van der Waals surface area contributed by atoms with Crippen molar-refractivity contribution in [3.8, 4) is 0 Å². The zero-order chi connectivity index (χ0) is 19.1. The monoisotopic (exact) mass is 392 g/mol. The van der Waals surface area contributed by atoms with Gasteiger partial charge in [0.2, 0.25) is 0 Å². The van der Waals surface area contributed by atoms with E-state index < -0.39 is 0 Å². The maximum atomic E-state index is 12.6. The van der Waals surface area contributed by atoms with Gasteiger partial charge in [-0.05, 0) is 41.6 Å². The molecule has 0 radical (unpaired) electrons. The smallest absolute Gasteiger partial charge is 0.321 e. The predicted molar refractivity (Wildman–Crippen MR) is 108 cm³/mol. The number of carbonyl (C=O) groups excluding carboxylic acids is 2. The summed E-state index contributed by atoms with van der Waals surface area (Å²) in [4.78, 5) is 29.9. The number of anilines is 2. The van der Waals surface area contributed by atoms with E-state index in [2.05, 4.69) is 22.5 Å². The van der Waals surface area contributed by atoms with Crippen LogP contribution in [0.15, 0.2) is 36.5 Å². The number of urea groups is 1. The second-order valence-electron chi connectivity index (χ2n) is 5.66. The topological polar surface area (TPSA) is 74.3 Å². The molecule has 0 aliphatic carbocycles. The van der Waals surface area contributed by atoms with Gasteiger partial charge in [-0.3, -0.25) is 4.79 Å². The molecule has 2 aromatic rings. The van der Waals surface area contributed by atoms with Crippen molar-refractivity contribution in [1.29, 1.82) is 0 Å². The molecule has 0 fully saturated rings. The molecule has 1 heterocycles. The van der Waals surface area contributed by atoms with Crippen LogP contribution in [0.2, 0.25) is 5.02 Å². The molecule has 1 aromatic carbocycles. The molecule has 8 heteroatoms. The molecule has 1 aromatic heterocycles. The molecule has 0 aliphatic rings. The third kappa shape index (κ3) is 5.64. The van der Waals surface area contributed by atoms with Crippen molar-refractivity contribution in [1.82, 2.24) is 9.88 Å². The van der Waals surface area contributed by atoms with Crippen molar-refractivity contribution >= 4 is 46.8 Å². The van der Waals surface area contributed by atoms with Crippen LogP contribution in [-0.2, 0) is 5.75 Å². The van der Waals surface area contributed by atoms with Gasteiger partial charge in [-0.15, -0.1) is 0 Å². The third-order valence-corrected chi connectivity index (χ3v) is 4.68. The summed E-state index contributed by atoms with van der Waals surface area (Å²) < 4.78 is 0. The van der Waals surface area contributed by atoms with E-state index in [9.17, 15) is 9.59 Å². The SMILES string of the molecule is CCSCc1ccnc(NC(=O)c2cc(NC(=O)N(C)C)ccc2Cl)c1. The Balaban J connectivity index is 2.15. The molecule has 6 nitrogen and oxygen atoms in total. The van der Waals surface area contributed by atoms with Crippen LogP contribution < -0.4 is 10.6 Å². The summed E-state index contributed by atoms with van der Waals surface area (Å²) in [5.74, 6) is 1.95. The lowest BCUT2D eigenvalue weighted by Gasteiger charge is -2.13. The van der Waals surface area contributed by atoms with Gasteiger partial charge in [-0.2, -0.15) is 11.8 Å². The van der Waals surface area contributed by atoms with Crippen LogP contribution in [0.1, 0.15) is 22.8 Å². The molecule has 3 amide bonds. The van der Waals surface area contributed by atoms with E-state index >= 15 is 0 Å². The van der Waals surface area contributed by atoms with Crippen molar-refractivity contribution in [3.63, 3.8) is 0 Å². The first-order valence-electron chi connectivity index (χ1n) is 8.02. The summed E-state index contributed by atoms with van der Waals surface area (Å²) in [6.07, 6.45) is 1.66. The number of thioether (sulfide) groups is 1. The van der Waals surface area contributed by atoms with Crippen molar-refractivity contribution < 1.29 is 9.59 Å². The Bertz CT molecular complexity index is 799. The highest BCUT2D eigenvalue weighted by molar-refractivity contribution is 7.98. The number of halogens is 1. The second kappa shape index (κ2) is 9.45. The van der Waals surface area contributed by atoms with Gasteiger partial charge >= 0.3 is 6.03 Å². The van der Waals surface area contributed by atoms with Crippen molar-refractivity contribution in [2.45, 2.75) is 12.7 Å². The lowest BCUT2D eigenvalue weighted by molar-refractivity contribution is 0.102. The van der Waals surface area contributed by atoms with Gasteiger partial charge in [0.25, 0.3) is 5.91 Å². The Morgan fingerprint density at radius 2 is 1.96 bits per heavy atom. The molecule has 0 atom stereocenters. The quantitative estimate of drug-likeness (QED) is 0.767. The number of hydrogen-bond donors (Lipinski definition) is 2. The van der Waals surface area contributed by atoms with Gasteiger partial charge in [0.15, 0.2) is 0 Å². The maximum absolute atomic E-state index is 12.6. The van der Waals surface area contributed by atoms with Crippen LogP contribution in [0.25, 0.3) is 0 Å². The lowest BCUT2D eigenvalue weighted by Crippen LogP contribution is -2.27. The minimum atomic E-state index is -0.385. The Morgan fingerprint density at radius 3 is 2.65 bits per heavy atom. The summed E-state index contributed by atoms with van der Waals surface area (Å²) in [7, 11) is 3.27. The Hall–Kier alpha value is -2.25. The molecular formula is C18H21ClN4O2S. The van der Waals surface area contributed by atoms with E-state index in [4.69, 9.17) is 11.6 Å². The Morgan fingerprint density at radius 1 is 1.19 bits per heavy atom. The molecule has 2 rings (SSSR count). The molecular weight excluding hydrogens is 372 g/mol. The van der Waals surface area contributed by atoms with E-state index in [1.54, 1.807) is 44.2 Å². The van der Waals surface area contributed by atoms with Gasteiger partial charge in [0.1, 0.15) is 5.82 Å². The van der Waals surface area contributed by atoms with E-state index in [0.29, 0.717) is 16.5 Å². The highest BCUT2D eigenvalue weighted by Gasteiger charge is 2.14. The summed E-state index contributed by atoms with van der Waals surface area (Å²) in [6, 6.07) is 8.22. The molecule has 0 saturated carbocycles. The minimum absolute atomic E-state index is 0.262. The summed E-state index contributed by atoms with van der Waals surface area (Å²) in [6.45, 7) is 2.10. The molecule has 26 heavy (non-hydrogen) atoms. The van der Waals surface area contributed by atoms with E-state index in [1.807, 2.05) is 12.1 Å². The number of carbonyl (C=O) groups is 2. The number of hydrogen-bond acceptors (Lipinski definition) is 4. The van der Waals surface area contributed by atoms with Crippen LogP contribution >= 0.6 is 23.4 Å². The number of rotatable bonds is 6. The summed E-state index contributed by atoms with van der Waals surface area (Å²) in [5, 5.41) is 5.74. The standard InChI is InChI=1S/C18H21ClN4O2S/c1-4-26-11-12-7-8-20-16(9-12)22-17(24)14-10-13(5-6-15(14)19)21-18(25)23(2)3/h5-10H,4,11H2,1-3H3,(H,21,25)(H,20,22,24). The Labute approximate surface area is 162 Å². The zero-order valence-electron chi connectivity index (χ0n) is 14.9. The number of aromatic nitrogens is 1. The van der Waals surface area contributed by atoms with Gasteiger partial charge < -0.3 is 15.5 Å². The fourth-order valence-electron chi connectivity index (χ4n) is 2.05.